The van der Waals surface area contributed by atoms with Crippen molar-refractivity contribution in [1.82, 2.24) is 0 Å². The minimum absolute atomic E-state index is 0. The molecule has 1 rings (SSSR count). The van der Waals surface area contributed by atoms with E-state index in [2.05, 4.69) is 4.74 Å². The van der Waals surface area contributed by atoms with E-state index in [0.717, 1.165) is 5.56 Å². The Labute approximate surface area is 131 Å². The first-order chi connectivity index (χ1) is 9.23. The van der Waals surface area contributed by atoms with Gasteiger partial charge in [0, 0.05) is 0 Å². The third-order valence-electron chi connectivity index (χ3n) is 2.51. The van der Waals surface area contributed by atoms with Crippen LogP contribution in [0.15, 0.2) is 24.3 Å². The minimum Gasteiger partial charge on any atom is -0.465 e. The van der Waals surface area contributed by atoms with Gasteiger partial charge in [0.05, 0.1) is 12.7 Å². The molecule has 118 valence electrons. The molecule has 5 nitrogen and oxygen atoms in total. The molecule has 0 aliphatic carbocycles. The molecule has 6 heteroatoms. The molecule has 0 aromatic heterocycles. The summed E-state index contributed by atoms with van der Waals surface area (Å²) in [5.74, 6) is -0.876. The zero-order chi connectivity index (χ0) is 15.3. The number of halogens is 1. The van der Waals surface area contributed by atoms with Crippen LogP contribution in [0.25, 0.3) is 0 Å². The van der Waals surface area contributed by atoms with Crippen molar-refractivity contribution in [2.45, 2.75) is 38.8 Å². The average Bonchev–Trinajstić information content (AvgIpc) is 2.36. The molecule has 0 amide bonds. The first kappa shape index (κ1) is 19.4. The van der Waals surface area contributed by atoms with E-state index in [1.807, 2.05) is 0 Å². The predicted octanol–water partition coefficient (Wildman–Crippen LogP) is 2.11. The smallest absolute Gasteiger partial charge is 0.337 e. The molecule has 0 fully saturated rings. The van der Waals surface area contributed by atoms with Crippen molar-refractivity contribution in [2.24, 2.45) is 5.73 Å². The number of ether oxygens (including phenoxy) is 2. The maximum atomic E-state index is 11.8. The lowest BCUT2D eigenvalue weighted by atomic mass is 10.0. The Morgan fingerprint density at radius 2 is 1.90 bits per heavy atom. The van der Waals surface area contributed by atoms with Crippen molar-refractivity contribution in [3.05, 3.63) is 35.4 Å². The number of nitrogens with two attached hydrogens (primary N) is 1. The fourth-order valence-electron chi connectivity index (χ4n) is 1.66. The van der Waals surface area contributed by atoms with Crippen LogP contribution in [0.4, 0.5) is 0 Å². The number of hydrogen-bond acceptors (Lipinski definition) is 5. The molecule has 0 aliphatic heterocycles. The monoisotopic (exact) mass is 315 g/mol. The van der Waals surface area contributed by atoms with Gasteiger partial charge in [0.25, 0.3) is 0 Å². The van der Waals surface area contributed by atoms with Crippen molar-refractivity contribution in [3.8, 4) is 0 Å². The Kier molecular flexibility index (Phi) is 7.39. The van der Waals surface area contributed by atoms with E-state index in [4.69, 9.17) is 10.5 Å². The van der Waals surface area contributed by atoms with Gasteiger partial charge in [-0.15, -0.1) is 12.4 Å². The second-order valence-electron chi connectivity index (χ2n) is 5.54. The second kappa shape index (κ2) is 8.00. The van der Waals surface area contributed by atoms with Crippen LogP contribution in [-0.4, -0.2) is 30.7 Å². The third kappa shape index (κ3) is 6.60. The molecule has 0 spiro atoms. The zero-order valence-electron chi connectivity index (χ0n) is 12.7. The molecule has 0 radical (unpaired) electrons. The Balaban J connectivity index is 0.00000400. The lowest BCUT2D eigenvalue weighted by molar-refractivity contribution is -0.156. The highest BCUT2D eigenvalue weighted by Crippen LogP contribution is 2.12. The maximum Gasteiger partial charge on any atom is 0.337 e. The number of carbonyl (C=O) groups is 2. The van der Waals surface area contributed by atoms with Gasteiger partial charge in [0.2, 0.25) is 0 Å². The maximum absolute atomic E-state index is 11.8. The molecule has 1 aromatic rings. The lowest BCUT2D eigenvalue weighted by Gasteiger charge is -2.22. The van der Waals surface area contributed by atoms with E-state index in [1.165, 1.54) is 7.11 Å². The van der Waals surface area contributed by atoms with Crippen LogP contribution in [0.2, 0.25) is 0 Å². The van der Waals surface area contributed by atoms with E-state index in [-0.39, 0.29) is 12.4 Å². The standard InChI is InChI=1S/C15H21NO4.ClH/c1-15(2,3)20-14(18)12(16)9-10-6-5-7-11(8-10)13(17)19-4;/h5-8,12H,9,16H2,1-4H3;1H. The molecule has 2 N–H and O–H groups in total. The lowest BCUT2D eigenvalue weighted by Crippen LogP contribution is -2.38. The minimum atomic E-state index is -0.762. The molecule has 0 heterocycles. The number of rotatable bonds is 4. The van der Waals surface area contributed by atoms with Gasteiger partial charge in [0.1, 0.15) is 11.6 Å². The van der Waals surface area contributed by atoms with Crippen LogP contribution in [0.3, 0.4) is 0 Å². The Morgan fingerprint density at radius 1 is 1.29 bits per heavy atom. The first-order valence-electron chi connectivity index (χ1n) is 6.38. The summed E-state index contributed by atoms with van der Waals surface area (Å²) in [7, 11) is 1.32. The predicted molar refractivity (Wildman–Crippen MR) is 82.6 cm³/mol. The van der Waals surface area contributed by atoms with Gasteiger partial charge in [0.15, 0.2) is 0 Å². The summed E-state index contributed by atoms with van der Waals surface area (Å²) in [5.41, 5.74) is 6.47. The summed E-state index contributed by atoms with van der Waals surface area (Å²) in [5, 5.41) is 0. The molecule has 0 saturated heterocycles. The molecule has 1 aromatic carbocycles. The summed E-state index contributed by atoms with van der Waals surface area (Å²) in [6.45, 7) is 5.36. The summed E-state index contributed by atoms with van der Waals surface area (Å²) < 4.78 is 9.86. The van der Waals surface area contributed by atoms with Crippen LogP contribution in [0.5, 0.6) is 0 Å². The van der Waals surface area contributed by atoms with Crippen LogP contribution < -0.4 is 5.73 Å². The van der Waals surface area contributed by atoms with Gasteiger partial charge in [-0.05, 0) is 44.9 Å². The highest BCUT2D eigenvalue weighted by Gasteiger charge is 2.22. The van der Waals surface area contributed by atoms with Crippen LogP contribution >= 0.6 is 12.4 Å². The summed E-state index contributed by atoms with van der Waals surface area (Å²) in [4.78, 5) is 23.2. The first-order valence-corrected chi connectivity index (χ1v) is 6.38. The normalized spacial score (nSPS) is 12.0. The fraction of sp³-hybridized carbons (Fsp3) is 0.467. The van der Waals surface area contributed by atoms with Crippen LogP contribution in [0, 0.1) is 0 Å². The van der Waals surface area contributed by atoms with Gasteiger partial charge in [-0.25, -0.2) is 4.79 Å². The van der Waals surface area contributed by atoms with E-state index < -0.39 is 23.6 Å². The second-order valence-corrected chi connectivity index (χ2v) is 5.54. The van der Waals surface area contributed by atoms with E-state index in [1.54, 1.807) is 45.0 Å². The van der Waals surface area contributed by atoms with Gasteiger partial charge >= 0.3 is 11.9 Å². The van der Waals surface area contributed by atoms with Gasteiger partial charge in [-0.2, -0.15) is 0 Å². The number of esters is 2. The molecule has 0 bridgehead atoms. The number of carbonyl (C=O) groups excluding carboxylic acids is 2. The highest BCUT2D eigenvalue weighted by molar-refractivity contribution is 5.89. The van der Waals surface area contributed by atoms with Crippen LogP contribution in [-0.2, 0) is 20.7 Å². The van der Waals surface area contributed by atoms with Crippen molar-refractivity contribution in [1.29, 1.82) is 0 Å². The van der Waals surface area contributed by atoms with Crippen LogP contribution in [0.1, 0.15) is 36.7 Å². The van der Waals surface area contributed by atoms with Crippen molar-refractivity contribution in [3.63, 3.8) is 0 Å². The highest BCUT2D eigenvalue weighted by atomic mass is 35.5. The van der Waals surface area contributed by atoms with Crippen molar-refractivity contribution < 1.29 is 19.1 Å². The molecular formula is C15H22ClNO4. The molecule has 21 heavy (non-hydrogen) atoms. The summed E-state index contributed by atoms with van der Waals surface area (Å²) >= 11 is 0. The van der Waals surface area contributed by atoms with Gasteiger partial charge < -0.3 is 15.2 Å². The molecule has 0 aliphatic rings. The van der Waals surface area contributed by atoms with E-state index in [0.29, 0.717) is 12.0 Å². The third-order valence-corrected chi connectivity index (χ3v) is 2.51. The molecule has 0 saturated carbocycles. The Hall–Kier alpha value is -1.59. The quantitative estimate of drug-likeness (QED) is 0.861. The number of benzene rings is 1. The topological polar surface area (TPSA) is 78.6 Å². The fourth-order valence-corrected chi connectivity index (χ4v) is 1.66. The van der Waals surface area contributed by atoms with Crippen molar-refractivity contribution in [2.75, 3.05) is 7.11 Å². The SMILES string of the molecule is COC(=O)c1cccc(CC(N)C(=O)OC(C)(C)C)c1.Cl. The Bertz CT molecular complexity index is 497. The average molecular weight is 316 g/mol. The van der Waals surface area contributed by atoms with Gasteiger partial charge in [-0.1, -0.05) is 12.1 Å². The molecule has 1 unspecified atom stereocenters. The number of hydrogen-bond donors (Lipinski definition) is 1. The summed E-state index contributed by atoms with van der Waals surface area (Å²) in [6, 6.07) is 6.08. The largest absolute Gasteiger partial charge is 0.465 e. The van der Waals surface area contributed by atoms with E-state index >= 15 is 0 Å². The Morgan fingerprint density at radius 3 is 2.43 bits per heavy atom. The zero-order valence-corrected chi connectivity index (χ0v) is 13.5. The van der Waals surface area contributed by atoms with Gasteiger partial charge in [-0.3, -0.25) is 4.79 Å². The molecule has 1 atom stereocenters. The van der Waals surface area contributed by atoms with E-state index in [9.17, 15) is 9.59 Å². The molecular weight excluding hydrogens is 294 g/mol. The van der Waals surface area contributed by atoms with Crippen molar-refractivity contribution >= 4 is 24.3 Å². The summed E-state index contributed by atoms with van der Waals surface area (Å²) in [6.07, 6.45) is 0.305. The number of methoxy groups -OCH3 is 1.